The van der Waals surface area contributed by atoms with Crippen molar-refractivity contribution in [2.45, 2.75) is 5.40 Å². The summed E-state index contributed by atoms with van der Waals surface area (Å²) < 4.78 is 0.785. The van der Waals surface area contributed by atoms with E-state index in [-0.39, 0.29) is 5.40 Å². The van der Waals surface area contributed by atoms with E-state index in [1.807, 2.05) is 0 Å². The van der Waals surface area contributed by atoms with E-state index in [1.54, 1.807) is 0 Å². The quantitative estimate of drug-likeness (QED) is 0.206. The van der Waals surface area contributed by atoms with Gasteiger partial charge in [0.05, 0.1) is 9.60 Å². The fourth-order valence-corrected chi connectivity index (χ4v) is 11.5. The highest BCUT2D eigenvalue weighted by molar-refractivity contribution is 8.14. The predicted molar refractivity (Wildman–Crippen MR) is 144 cm³/mol. The minimum Gasteiger partial charge on any atom is -0.135 e. The van der Waals surface area contributed by atoms with Crippen molar-refractivity contribution in [2.24, 2.45) is 0 Å². The van der Waals surface area contributed by atoms with E-state index in [1.165, 1.54) is 21.2 Å². The molecule has 0 N–H and O–H groups in total. The second kappa shape index (κ2) is 10.5. The van der Waals surface area contributed by atoms with Crippen LogP contribution in [0.4, 0.5) is 0 Å². The Morgan fingerprint density at radius 2 is 0.733 bits per heavy atom. The third-order valence-electron chi connectivity index (χ3n) is 4.85. The van der Waals surface area contributed by atoms with Gasteiger partial charge in [-0.1, -0.05) is 134 Å². The van der Waals surface area contributed by atoms with Crippen LogP contribution in [0.3, 0.4) is 0 Å². The van der Waals surface area contributed by atoms with Crippen molar-refractivity contribution >= 4 is 66.1 Å². The first-order valence-corrected chi connectivity index (χ1v) is 13.4. The number of thiol groups is 1. The van der Waals surface area contributed by atoms with Gasteiger partial charge >= 0.3 is 0 Å². The molecule has 148 valence electrons. The SMILES string of the molecule is S=C(S)C(P(c1ccccc1)c1ccccc1)P(c1ccccc1)c1ccccc1. The fraction of sp³-hybridized carbons (Fsp3) is 0.0385. The lowest BCUT2D eigenvalue weighted by Crippen LogP contribution is -2.30. The molecule has 0 spiro atoms. The van der Waals surface area contributed by atoms with Crippen LogP contribution in [0.15, 0.2) is 121 Å². The highest BCUT2D eigenvalue weighted by Gasteiger charge is 2.35. The number of benzene rings is 4. The van der Waals surface area contributed by atoms with Crippen LogP contribution in [0.25, 0.3) is 0 Å². The van der Waals surface area contributed by atoms with Crippen molar-refractivity contribution in [3.8, 4) is 0 Å². The molecule has 0 aliphatic rings. The Hall–Kier alpha value is -1.82. The predicted octanol–water partition coefficient (Wildman–Crippen LogP) is 5.84. The van der Waals surface area contributed by atoms with Crippen LogP contribution >= 0.6 is 40.7 Å². The smallest absolute Gasteiger partial charge is 0.0577 e. The topological polar surface area (TPSA) is 0 Å². The highest BCUT2D eigenvalue weighted by atomic mass is 32.1. The van der Waals surface area contributed by atoms with Crippen molar-refractivity contribution in [2.75, 3.05) is 0 Å². The summed E-state index contributed by atoms with van der Waals surface area (Å²) in [5.41, 5.74) is 0. The standard InChI is InChI=1S/C26H22P2S2/c29-26(30)25(27(21-13-5-1-6-14-21)22-15-7-2-8-16-22)28(23-17-9-3-10-18-23)24-19-11-4-12-20-24/h1-20,25H,(H,29,30). The molecule has 0 aliphatic carbocycles. The normalized spacial score (nSPS) is 11.2. The summed E-state index contributed by atoms with van der Waals surface area (Å²) in [4.78, 5) is 0. The molecule has 30 heavy (non-hydrogen) atoms. The fourth-order valence-electron chi connectivity index (χ4n) is 3.55. The molecular weight excluding hydrogens is 438 g/mol. The molecule has 0 fully saturated rings. The Morgan fingerprint density at radius 3 is 0.933 bits per heavy atom. The molecule has 0 aromatic heterocycles. The van der Waals surface area contributed by atoms with Crippen molar-refractivity contribution in [1.29, 1.82) is 0 Å². The number of hydrogen-bond acceptors (Lipinski definition) is 1. The van der Waals surface area contributed by atoms with Gasteiger partial charge in [0, 0.05) is 0 Å². The van der Waals surface area contributed by atoms with Crippen molar-refractivity contribution in [3.05, 3.63) is 121 Å². The molecule has 4 aromatic carbocycles. The van der Waals surface area contributed by atoms with Crippen molar-refractivity contribution in [3.63, 3.8) is 0 Å². The zero-order valence-electron chi connectivity index (χ0n) is 16.4. The molecule has 4 aromatic rings. The summed E-state index contributed by atoms with van der Waals surface area (Å²) in [5, 5.41) is 5.47. The summed E-state index contributed by atoms with van der Waals surface area (Å²) in [6.45, 7) is 0. The Kier molecular flexibility index (Phi) is 7.47. The molecule has 4 rings (SSSR count). The van der Waals surface area contributed by atoms with Crippen LogP contribution in [0.1, 0.15) is 0 Å². The third kappa shape index (κ3) is 4.90. The molecule has 4 heteroatoms. The van der Waals surface area contributed by atoms with Gasteiger partial charge < -0.3 is 0 Å². The molecule has 0 nitrogen and oxygen atoms in total. The molecule has 0 saturated carbocycles. The first-order chi connectivity index (χ1) is 14.8. The summed E-state index contributed by atoms with van der Waals surface area (Å²) >= 11 is 10.7. The van der Waals surface area contributed by atoms with Crippen molar-refractivity contribution < 1.29 is 0 Å². The molecule has 0 unspecified atom stereocenters. The second-order valence-electron chi connectivity index (χ2n) is 6.79. The zero-order valence-corrected chi connectivity index (χ0v) is 19.9. The highest BCUT2D eigenvalue weighted by Crippen LogP contribution is 2.57. The first-order valence-electron chi connectivity index (χ1n) is 9.77. The summed E-state index contributed by atoms with van der Waals surface area (Å²) in [7, 11) is -1.46. The van der Waals surface area contributed by atoms with Gasteiger partial charge in [-0.2, -0.15) is 0 Å². The van der Waals surface area contributed by atoms with E-state index in [9.17, 15) is 0 Å². The number of hydrogen-bond donors (Lipinski definition) is 1. The van der Waals surface area contributed by atoms with Gasteiger partial charge in [-0.15, -0.1) is 12.6 Å². The maximum absolute atomic E-state index is 5.87. The van der Waals surface area contributed by atoms with E-state index in [0.29, 0.717) is 0 Å². The molecule has 0 bridgehead atoms. The Bertz CT molecular complexity index is 909. The van der Waals surface area contributed by atoms with Gasteiger partial charge in [0.15, 0.2) is 0 Å². The molecule has 0 radical (unpaired) electrons. The maximum atomic E-state index is 5.87. The van der Waals surface area contributed by atoms with Gasteiger partial charge in [0.25, 0.3) is 0 Å². The van der Waals surface area contributed by atoms with E-state index >= 15 is 0 Å². The summed E-state index contributed by atoms with van der Waals surface area (Å²) in [6, 6.07) is 43.2. The molecular formula is C26H22P2S2. The van der Waals surface area contributed by atoms with Crippen LogP contribution in [-0.2, 0) is 0 Å². The second-order valence-corrected chi connectivity index (χ2v) is 13.0. The summed E-state index contributed by atoms with van der Waals surface area (Å²) in [6.07, 6.45) is 0. The maximum Gasteiger partial charge on any atom is 0.0577 e. The van der Waals surface area contributed by atoms with Gasteiger partial charge in [-0.25, -0.2) is 0 Å². The van der Waals surface area contributed by atoms with Crippen LogP contribution in [0.5, 0.6) is 0 Å². The van der Waals surface area contributed by atoms with Gasteiger partial charge in [0.1, 0.15) is 0 Å². The minimum absolute atomic E-state index is 0.142. The zero-order chi connectivity index (χ0) is 20.8. The Morgan fingerprint density at radius 1 is 0.500 bits per heavy atom. The molecule has 0 amide bonds. The molecule has 0 atom stereocenters. The largest absolute Gasteiger partial charge is 0.135 e. The van der Waals surface area contributed by atoms with Crippen molar-refractivity contribution in [1.82, 2.24) is 0 Å². The molecule has 0 aliphatic heterocycles. The lowest BCUT2D eigenvalue weighted by atomic mass is 10.4. The lowest BCUT2D eigenvalue weighted by Gasteiger charge is -2.35. The van der Waals surface area contributed by atoms with Crippen LogP contribution in [0, 0.1) is 0 Å². The Labute approximate surface area is 192 Å². The lowest BCUT2D eigenvalue weighted by molar-refractivity contribution is 1.69. The average molecular weight is 461 g/mol. The minimum atomic E-state index is -0.729. The van der Waals surface area contributed by atoms with Gasteiger partial charge in [0.2, 0.25) is 0 Å². The monoisotopic (exact) mass is 460 g/mol. The van der Waals surface area contributed by atoms with Crippen LogP contribution in [-0.4, -0.2) is 9.60 Å². The van der Waals surface area contributed by atoms with Gasteiger partial charge in [-0.3, -0.25) is 0 Å². The van der Waals surface area contributed by atoms with E-state index in [0.717, 1.165) is 4.20 Å². The van der Waals surface area contributed by atoms with E-state index in [4.69, 9.17) is 24.8 Å². The summed E-state index contributed by atoms with van der Waals surface area (Å²) in [5.74, 6) is 0. The molecule has 0 saturated heterocycles. The third-order valence-corrected chi connectivity index (χ3v) is 12.4. The molecule has 0 heterocycles. The van der Waals surface area contributed by atoms with Gasteiger partial charge in [-0.05, 0) is 37.1 Å². The van der Waals surface area contributed by atoms with E-state index in [2.05, 4.69) is 121 Å². The Balaban J connectivity index is 1.93. The average Bonchev–Trinajstić information content (AvgIpc) is 2.81. The van der Waals surface area contributed by atoms with Crippen LogP contribution < -0.4 is 21.2 Å². The van der Waals surface area contributed by atoms with E-state index < -0.39 is 15.8 Å². The number of thiocarbonyl (C=S) groups is 1. The van der Waals surface area contributed by atoms with Crippen LogP contribution in [0.2, 0.25) is 0 Å². The first kappa shape index (κ1) is 21.4. The number of rotatable bonds is 7.